The lowest BCUT2D eigenvalue weighted by Gasteiger charge is -2.21. The Morgan fingerprint density at radius 2 is 2.19 bits per heavy atom. The van der Waals surface area contributed by atoms with Crippen LogP contribution < -0.4 is 10.6 Å². The zero-order chi connectivity index (χ0) is 14.5. The molecule has 10 heteroatoms. The Labute approximate surface area is 131 Å². The van der Waals surface area contributed by atoms with Gasteiger partial charge in [0.2, 0.25) is 11.9 Å². The Hall–Kier alpha value is -1.55. The fourth-order valence-corrected chi connectivity index (χ4v) is 4.44. The second-order valence-electron chi connectivity index (χ2n) is 4.32. The Morgan fingerprint density at radius 3 is 2.90 bits per heavy atom. The quantitative estimate of drug-likeness (QED) is 0.826. The number of hydrogen-bond acceptors (Lipinski definition) is 9. The van der Waals surface area contributed by atoms with E-state index in [9.17, 15) is 0 Å². The molecule has 0 aliphatic carbocycles. The summed E-state index contributed by atoms with van der Waals surface area (Å²) >= 11 is 3.99. The topological polar surface area (TPSA) is 93.4 Å². The predicted octanol–water partition coefficient (Wildman–Crippen LogP) is 0.754. The highest BCUT2D eigenvalue weighted by molar-refractivity contribution is 8.06. The highest BCUT2D eigenvalue weighted by atomic mass is 32.2. The minimum atomic E-state index is 0.444. The third-order valence-corrected chi connectivity index (χ3v) is 5.69. The molecule has 1 saturated heterocycles. The maximum absolute atomic E-state index is 4.38. The zero-order valence-electron chi connectivity index (χ0n) is 11.6. The molecular weight excluding hydrogens is 308 g/mol. The first-order chi connectivity index (χ1) is 10.3. The van der Waals surface area contributed by atoms with Crippen LogP contribution >= 0.6 is 23.5 Å². The molecule has 112 valence electrons. The smallest absolute Gasteiger partial charge is 0.258 e. The van der Waals surface area contributed by atoms with E-state index in [-0.39, 0.29) is 0 Å². The van der Waals surface area contributed by atoms with E-state index in [0.717, 1.165) is 12.3 Å². The van der Waals surface area contributed by atoms with Crippen molar-refractivity contribution in [1.82, 2.24) is 29.7 Å². The lowest BCUT2D eigenvalue weighted by Crippen LogP contribution is -2.24. The van der Waals surface area contributed by atoms with E-state index in [1.807, 2.05) is 23.5 Å². The maximum Gasteiger partial charge on any atom is 0.258 e. The molecule has 8 nitrogen and oxygen atoms in total. The van der Waals surface area contributed by atoms with Gasteiger partial charge in [0.15, 0.2) is 0 Å². The van der Waals surface area contributed by atoms with Gasteiger partial charge in [0.1, 0.15) is 12.7 Å². The molecule has 3 heterocycles. The van der Waals surface area contributed by atoms with Gasteiger partial charge in [0.05, 0.1) is 0 Å². The van der Waals surface area contributed by atoms with Crippen molar-refractivity contribution in [2.75, 3.05) is 41.5 Å². The third-order valence-electron chi connectivity index (χ3n) is 2.84. The van der Waals surface area contributed by atoms with Gasteiger partial charge >= 0.3 is 0 Å². The van der Waals surface area contributed by atoms with Crippen LogP contribution in [0.3, 0.4) is 0 Å². The summed E-state index contributed by atoms with van der Waals surface area (Å²) in [5.41, 5.74) is 0. The van der Waals surface area contributed by atoms with Gasteiger partial charge in [0.25, 0.3) is 5.95 Å². The molecule has 1 atom stereocenters. The molecule has 0 aromatic carbocycles. The van der Waals surface area contributed by atoms with Crippen LogP contribution in [0.2, 0.25) is 0 Å². The Kier molecular flexibility index (Phi) is 4.76. The van der Waals surface area contributed by atoms with Crippen molar-refractivity contribution in [3.63, 3.8) is 0 Å². The molecule has 1 unspecified atom stereocenters. The summed E-state index contributed by atoms with van der Waals surface area (Å²) in [4.78, 5) is 16.9. The average molecular weight is 324 g/mol. The van der Waals surface area contributed by atoms with Gasteiger partial charge in [-0.25, -0.2) is 4.98 Å². The van der Waals surface area contributed by atoms with Crippen LogP contribution in [0.25, 0.3) is 5.95 Å². The van der Waals surface area contributed by atoms with Gasteiger partial charge in [0, 0.05) is 36.1 Å². The number of thioether (sulfide) groups is 2. The van der Waals surface area contributed by atoms with Gasteiger partial charge in [-0.05, 0) is 0 Å². The molecule has 1 fully saturated rings. The van der Waals surface area contributed by atoms with Crippen LogP contribution in [0.15, 0.2) is 12.7 Å². The van der Waals surface area contributed by atoms with E-state index < -0.39 is 0 Å². The SMILES string of the molecule is CNc1nc(NCC2CSCCS2)nc(-n2cncn2)n1. The monoisotopic (exact) mass is 324 g/mol. The van der Waals surface area contributed by atoms with Gasteiger partial charge < -0.3 is 10.6 Å². The Morgan fingerprint density at radius 1 is 1.29 bits per heavy atom. The fraction of sp³-hybridized carbons (Fsp3) is 0.545. The summed E-state index contributed by atoms with van der Waals surface area (Å²) < 4.78 is 1.51. The first kappa shape index (κ1) is 14.4. The number of aromatic nitrogens is 6. The van der Waals surface area contributed by atoms with Crippen molar-refractivity contribution in [2.24, 2.45) is 0 Å². The molecule has 0 bridgehead atoms. The van der Waals surface area contributed by atoms with E-state index in [1.54, 1.807) is 13.4 Å². The number of anilines is 2. The minimum Gasteiger partial charge on any atom is -0.357 e. The molecule has 0 spiro atoms. The van der Waals surface area contributed by atoms with Crippen molar-refractivity contribution in [2.45, 2.75) is 5.25 Å². The van der Waals surface area contributed by atoms with Gasteiger partial charge in [-0.15, -0.1) is 0 Å². The lowest BCUT2D eigenvalue weighted by molar-refractivity contribution is 0.794. The molecule has 2 N–H and O–H groups in total. The largest absolute Gasteiger partial charge is 0.357 e. The molecule has 21 heavy (non-hydrogen) atoms. The van der Waals surface area contributed by atoms with Gasteiger partial charge in [-0.1, -0.05) is 0 Å². The summed E-state index contributed by atoms with van der Waals surface area (Å²) in [5, 5.41) is 10.9. The summed E-state index contributed by atoms with van der Waals surface area (Å²) in [6, 6.07) is 0. The van der Waals surface area contributed by atoms with Crippen LogP contribution in [-0.4, -0.2) is 65.8 Å². The molecule has 0 amide bonds. The van der Waals surface area contributed by atoms with E-state index in [2.05, 4.69) is 35.7 Å². The summed E-state index contributed by atoms with van der Waals surface area (Å²) in [5.74, 6) is 5.12. The number of rotatable bonds is 5. The van der Waals surface area contributed by atoms with Gasteiger partial charge in [-0.2, -0.15) is 48.3 Å². The van der Waals surface area contributed by atoms with Crippen LogP contribution in [0.1, 0.15) is 0 Å². The van der Waals surface area contributed by atoms with Crippen LogP contribution in [-0.2, 0) is 0 Å². The highest BCUT2D eigenvalue weighted by Gasteiger charge is 2.15. The van der Waals surface area contributed by atoms with Crippen molar-refractivity contribution < 1.29 is 0 Å². The number of nitrogens with one attached hydrogen (secondary N) is 2. The molecule has 0 saturated carbocycles. The molecule has 0 radical (unpaired) electrons. The van der Waals surface area contributed by atoms with Crippen molar-refractivity contribution >= 4 is 35.4 Å². The van der Waals surface area contributed by atoms with E-state index in [1.165, 1.54) is 22.5 Å². The van der Waals surface area contributed by atoms with Crippen molar-refractivity contribution in [3.8, 4) is 5.95 Å². The second-order valence-corrected chi connectivity index (χ2v) is 6.88. The van der Waals surface area contributed by atoms with Crippen LogP contribution in [0.4, 0.5) is 11.9 Å². The molecule has 1 aliphatic heterocycles. The average Bonchev–Trinajstić information content (AvgIpc) is 3.08. The third kappa shape index (κ3) is 3.76. The Balaban J connectivity index is 1.73. The molecule has 2 aromatic heterocycles. The summed E-state index contributed by atoms with van der Waals surface area (Å²) in [6.45, 7) is 0.849. The number of hydrogen-bond donors (Lipinski definition) is 2. The Bertz CT molecular complexity index is 570. The van der Waals surface area contributed by atoms with Gasteiger partial charge in [-0.3, -0.25) is 0 Å². The lowest BCUT2D eigenvalue weighted by atomic mass is 10.5. The van der Waals surface area contributed by atoms with E-state index >= 15 is 0 Å². The molecular formula is C11H16N8S2. The second kappa shape index (κ2) is 6.94. The standard InChI is InChI=1S/C11H16N8S2/c1-12-9-16-10(14-4-8-5-20-2-3-21-8)18-11(17-9)19-7-13-6-15-19/h6-8H,2-5H2,1H3,(H2,12,14,16,17,18). The number of nitrogens with zero attached hydrogens (tertiary/aromatic N) is 6. The normalized spacial score (nSPS) is 18.4. The highest BCUT2D eigenvalue weighted by Crippen LogP contribution is 2.24. The molecule has 3 rings (SSSR count). The van der Waals surface area contributed by atoms with E-state index in [4.69, 9.17) is 0 Å². The van der Waals surface area contributed by atoms with Crippen molar-refractivity contribution in [1.29, 1.82) is 0 Å². The summed E-state index contributed by atoms with van der Waals surface area (Å²) in [6.07, 6.45) is 3.01. The van der Waals surface area contributed by atoms with Crippen LogP contribution in [0, 0.1) is 0 Å². The maximum atomic E-state index is 4.38. The zero-order valence-corrected chi connectivity index (χ0v) is 13.2. The van der Waals surface area contributed by atoms with E-state index in [0.29, 0.717) is 23.1 Å². The predicted molar refractivity (Wildman–Crippen MR) is 86.4 cm³/mol. The molecule has 2 aromatic rings. The first-order valence-electron chi connectivity index (χ1n) is 6.57. The fourth-order valence-electron chi connectivity index (χ4n) is 1.83. The van der Waals surface area contributed by atoms with Crippen LogP contribution in [0.5, 0.6) is 0 Å². The van der Waals surface area contributed by atoms with Crippen molar-refractivity contribution in [3.05, 3.63) is 12.7 Å². The summed E-state index contributed by atoms with van der Waals surface area (Å²) in [7, 11) is 1.78. The first-order valence-corrected chi connectivity index (χ1v) is 8.77. The molecule has 1 aliphatic rings. The minimum absolute atomic E-state index is 0.444.